The first-order valence-corrected chi connectivity index (χ1v) is 6.09. The maximum atomic E-state index is 11.7. The summed E-state index contributed by atoms with van der Waals surface area (Å²) >= 11 is 0. The molecular weight excluding hydrogens is 246 g/mol. The van der Waals surface area contributed by atoms with Crippen molar-refractivity contribution in [1.29, 1.82) is 0 Å². The molecule has 2 N–H and O–H groups in total. The van der Waals surface area contributed by atoms with Gasteiger partial charge in [-0.05, 0) is 25.1 Å². The first-order chi connectivity index (χ1) is 9.10. The summed E-state index contributed by atoms with van der Waals surface area (Å²) < 4.78 is 10.5. The minimum absolute atomic E-state index is 0.147. The average molecular weight is 263 g/mol. The number of hydrogen-bond donors (Lipinski definition) is 2. The molecule has 0 saturated carbocycles. The molecule has 1 heterocycles. The van der Waals surface area contributed by atoms with E-state index in [0.717, 1.165) is 22.3 Å². The molecular formula is C14H17NO4. The van der Waals surface area contributed by atoms with Gasteiger partial charge in [0.1, 0.15) is 11.3 Å². The van der Waals surface area contributed by atoms with Crippen LogP contribution in [0.4, 0.5) is 0 Å². The highest BCUT2D eigenvalue weighted by Crippen LogP contribution is 2.26. The van der Waals surface area contributed by atoms with Crippen LogP contribution in [0.5, 0.6) is 5.75 Å². The van der Waals surface area contributed by atoms with Gasteiger partial charge in [-0.15, -0.1) is 0 Å². The number of hydrogen-bond acceptors (Lipinski definition) is 4. The summed E-state index contributed by atoms with van der Waals surface area (Å²) in [4.78, 5) is 11.7. The number of rotatable bonds is 5. The molecule has 1 unspecified atom stereocenters. The van der Waals surface area contributed by atoms with Crippen LogP contribution in [0.2, 0.25) is 0 Å². The normalized spacial score (nSPS) is 12.4. The zero-order valence-electron chi connectivity index (χ0n) is 11.0. The maximum Gasteiger partial charge on any atom is 0.224 e. The van der Waals surface area contributed by atoms with Crippen LogP contribution in [-0.2, 0) is 11.2 Å². The Morgan fingerprint density at radius 3 is 3.00 bits per heavy atom. The standard InChI is InChI=1S/C14H17NO4/c1-9(16)7-15-14(17)5-10-8-19-13-4-3-11(18-2)6-12(10)13/h3-4,6,8-9,16H,5,7H2,1-2H3,(H,15,17). The van der Waals surface area contributed by atoms with E-state index in [1.807, 2.05) is 18.2 Å². The molecule has 0 aliphatic rings. The number of ether oxygens (including phenoxy) is 1. The quantitative estimate of drug-likeness (QED) is 0.857. The topological polar surface area (TPSA) is 71.7 Å². The van der Waals surface area contributed by atoms with Crippen LogP contribution in [0, 0.1) is 0 Å². The molecule has 0 aliphatic heterocycles. The molecule has 19 heavy (non-hydrogen) atoms. The lowest BCUT2D eigenvalue weighted by atomic mass is 10.1. The highest BCUT2D eigenvalue weighted by atomic mass is 16.5. The van der Waals surface area contributed by atoms with Gasteiger partial charge in [-0.25, -0.2) is 0 Å². The molecule has 1 atom stereocenters. The van der Waals surface area contributed by atoms with Crippen molar-refractivity contribution in [3.8, 4) is 5.75 Å². The van der Waals surface area contributed by atoms with E-state index in [9.17, 15) is 4.79 Å². The number of furan rings is 1. The van der Waals surface area contributed by atoms with Crippen molar-refractivity contribution < 1.29 is 19.1 Å². The van der Waals surface area contributed by atoms with E-state index in [-0.39, 0.29) is 18.9 Å². The van der Waals surface area contributed by atoms with E-state index < -0.39 is 6.10 Å². The third-order valence-corrected chi connectivity index (χ3v) is 2.81. The molecule has 5 nitrogen and oxygen atoms in total. The molecule has 5 heteroatoms. The van der Waals surface area contributed by atoms with E-state index in [1.54, 1.807) is 20.3 Å². The van der Waals surface area contributed by atoms with Gasteiger partial charge in [-0.3, -0.25) is 4.79 Å². The summed E-state index contributed by atoms with van der Waals surface area (Å²) in [5.41, 5.74) is 1.52. The van der Waals surface area contributed by atoms with Gasteiger partial charge in [0, 0.05) is 17.5 Å². The molecule has 0 radical (unpaired) electrons. The van der Waals surface area contributed by atoms with Gasteiger partial charge in [-0.2, -0.15) is 0 Å². The number of fused-ring (bicyclic) bond motifs is 1. The number of benzene rings is 1. The summed E-state index contributed by atoms with van der Waals surface area (Å²) in [5.74, 6) is 0.575. The van der Waals surface area contributed by atoms with Crippen LogP contribution in [0.25, 0.3) is 11.0 Å². The van der Waals surface area contributed by atoms with Crippen LogP contribution >= 0.6 is 0 Å². The van der Waals surface area contributed by atoms with Crippen LogP contribution in [0.1, 0.15) is 12.5 Å². The predicted octanol–water partition coefficient (Wildman–Crippen LogP) is 1.48. The van der Waals surface area contributed by atoms with Crippen molar-refractivity contribution in [2.24, 2.45) is 0 Å². The van der Waals surface area contributed by atoms with Crippen LogP contribution in [0.15, 0.2) is 28.9 Å². The van der Waals surface area contributed by atoms with Gasteiger partial charge in [0.25, 0.3) is 0 Å². The molecule has 0 spiro atoms. The summed E-state index contributed by atoms with van der Waals surface area (Å²) in [6.07, 6.45) is 1.24. The van der Waals surface area contributed by atoms with Crippen molar-refractivity contribution in [3.05, 3.63) is 30.0 Å². The van der Waals surface area contributed by atoms with E-state index in [1.165, 1.54) is 0 Å². The molecule has 1 aromatic carbocycles. The van der Waals surface area contributed by atoms with Crippen molar-refractivity contribution >= 4 is 16.9 Å². The Morgan fingerprint density at radius 1 is 1.53 bits per heavy atom. The number of amides is 1. The van der Waals surface area contributed by atoms with Crippen molar-refractivity contribution in [3.63, 3.8) is 0 Å². The second-order valence-electron chi connectivity index (χ2n) is 4.45. The molecule has 0 fully saturated rings. The zero-order chi connectivity index (χ0) is 13.8. The fourth-order valence-electron chi connectivity index (χ4n) is 1.82. The Bertz CT molecular complexity index is 574. The van der Waals surface area contributed by atoms with Crippen LogP contribution in [0.3, 0.4) is 0 Å². The largest absolute Gasteiger partial charge is 0.497 e. The Hall–Kier alpha value is -2.01. The Labute approximate surface area is 111 Å². The monoisotopic (exact) mass is 263 g/mol. The minimum atomic E-state index is -0.551. The first-order valence-electron chi connectivity index (χ1n) is 6.09. The van der Waals surface area contributed by atoms with Gasteiger partial charge >= 0.3 is 0 Å². The highest BCUT2D eigenvalue weighted by Gasteiger charge is 2.11. The van der Waals surface area contributed by atoms with Crippen LogP contribution in [-0.4, -0.2) is 30.8 Å². The SMILES string of the molecule is COc1ccc2occ(CC(=O)NCC(C)O)c2c1. The van der Waals surface area contributed by atoms with E-state index >= 15 is 0 Å². The molecule has 0 aliphatic carbocycles. The maximum absolute atomic E-state index is 11.7. The van der Waals surface area contributed by atoms with Gasteiger partial charge in [0.15, 0.2) is 0 Å². The number of carbonyl (C=O) groups is 1. The number of nitrogens with one attached hydrogen (secondary N) is 1. The number of methoxy groups -OCH3 is 1. The minimum Gasteiger partial charge on any atom is -0.497 e. The molecule has 0 bridgehead atoms. The lowest BCUT2D eigenvalue weighted by Gasteiger charge is -2.06. The van der Waals surface area contributed by atoms with Gasteiger partial charge in [-0.1, -0.05) is 0 Å². The van der Waals surface area contributed by atoms with E-state index in [2.05, 4.69) is 5.32 Å². The van der Waals surface area contributed by atoms with Crippen LogP contribution < -0.4 is 10.1 Å². The van der Waals surface area contributed by atoms with E-state index in [0.29, 0.717) is 0 Å². The Kier molecular flexibility index (Phi) is 4.06. The second-order valence-corrected chi connectivity index (χ2v) is 4.45. The molecule has 0 saturated heterocycles. The summed E-state index contributed by atoms with van der Waals surface area (Å²) in [6.45, 7) is 1.87. The van der Waals surface area contributed by atoms with E-state index in [4.69, 9.17) is 14.3 Å². The number of carbonyl (C=O) groups excluding carboxylic acids is 1. The lowest BCUT2D eigenvalue weighted by Crippen LogP contribution is -2.31. The highest BCUT2D eigenvalue weighted by molar-refractivity contribution is 5.88. The summed E-state index contributed by atoms with van der Waals surface area (Å²) in [5, 5.41) is 12.6. The predicted molar refractivity (Wildman–Crippen MR) is 71.2 cm³/mol. The second kappa shape index (κ2) is 5.75. The van der Waals surface area contributed by atoms with Gasteiger partial charge in [0.05, 0.1) is 25.9 Å². The Balaban J connectivity index is 2.14. The number of aliphatic hydroxyl groups excluding tert-OH is 1. The fraction of sp³-hybridized carbons (Fsp3) is 0.357. The first kappa shape index (κ1) is 13.4. The van der Waals surface area contributed by atoms with Gasteiger partial charge in [0.2, 0.25) is 5.91 Å². The molecule has 102 valence electrons. The van der Waals surface area contributed by atoms with Crippen molar-refractivity contribution in [1.82, 2.24) is 5.32 Å². The molecule has 2 rings (SSSR count). The zero-order valence-corrected chi connectivity index (χ0v) is 11.0. The van der Waals surface area contributed by atoms with Gasteiger partial charge < -0.3 is 19.6 Å². The Morgan fingerprint density at radius 2 is 2.32 bits per heavy atom. The fourth-order valence-corrected chi connectivity index (χ4v) is 1.82. The summed E-state index contributed by atoms with van der Waals surface area (Å²) in [6, 6.07) is 5.46. The third-order valence-electron chi connectivity index (χ3n) is 2.81. The molecule has 1 amide bonds. The van der Waals surface area contributed by atoms with Crippen molar-refractivity contribution in [2.45, 2.75) is 19.4 Å². The number of aliphatic hydroxyl groups is 1. The third kappa shape index (κ3) is 3.26. The smallest absolute Gasteiger partial charge is 0.224 e. The average Bonchev–Trinajstić information content (AvgIpc) is 2.79. The molecule has 2 aromatic rings. The lowest BCUT2D eigenvalue weighted by molar-refractivity contribution is -0.120. The summed E-state index contributed by atoms with van der Waals surface area (Å²) in [7, 11) is 1.59. The van der Waals surface area contributed by atoms with Crippen molar-refractivity contribution in [2.75, 3.05) is 13.7 Å². The molecule has 1 aromatic heterocycles.